The Labute approximate surface area is 282 Å². The second-order valence-corrected chi connectivity index (χ2v) is 11.0. The average Bonchev–Trinajstić information content (AvgIpc) is 3.08. The van der Waals surface area contributed by atoms with E-state index in [1.54, 1.807) is 19.1 Å². The summed E-state index contributed by atoms with van der Waals surface area (Å²) in [6, 6.07) is 29.8. The van der Waals surface area contributed by atoms with Gasteiger partial charge in [-0.25, -0.2) is 28.2 Å². The fraction of sp³-hybridized carbons (Fsp3) is 0.0571. The van der Waals surface area contributed by atoms with Gasteiger partial charge in [0, 0.05) is 11.1 Å². The highest BCUT2D eigenvalue weighted by Gasteiger charge is 2.24. The minimum absolute atomic E-state index is 0.0179. The number of phenols is 1. The van der Waals surface area contributed by atoms with Crippen molar-refractivity contribution in [3.8, 4) is 39.7 Å². The Morgan fingerprint density at radius 1 is 0.800 bits per heavy atom. The maximum Gasteiger partial charge on any atom is 0.499 e. The third-order valence-electron chi connectivity index (χ3n) is 6.97. The number of carbonyl (C=O) groups excluding carboxylic acids is 1. The fourth-order valence-electron chi connectivity index (χ4n) is 4.91. The van der Waals surface area contributed by atoms with Gasteiger partial charge in [0.2, 0.25) is 5.43 Å². The molecule has 0 atom stereocenters. The van der Waals surface area contributed by atoms with E-state index >= 15 is 0 Å². The zero-order valence-electron chi connectivity index (χ0n) is 25.8. The van der Waals surface area contributed by atoms with Gasteiger partial charge in [-0.05, 0) is 55.0 Å². The van der Waals surface area contributed by atoms with Crippen LogP contribution in [0.25, 0.3) is 55.8 Å². The van der Waals surface area contributed by atoms with E-state index in [1.165, 1.54) is 24.3 Å². The first-order chi connectivity index (χ1) is 23.8. The van der Waals surface area contributed by atoms with Crippen LogP contribution < -0.4 is 40.3 Å². The summed E-state index contributed by atoms with van der Waals surface area (Å²) >= 11 is 0. The summed E-state index contributed by atoms with van der Waals surface area (Å²) in [7, 11) is -4.94. The molecule has 0 spiro atoms. The van der Waals surface area contributed by atoms with Crippen molar-refractivity contribution >= 4 is 27.9 Å². The lowest BCUT2D eigenvalue weighted by Crippen LogP contribution is -2.68. The number of phenolic OH excluding ortho intramolecular Hbond substituents is 1. The van der Waals surface area contributed by atoms with Crippen LogP contribution in [-0.2, 0) is 4.74 Å². The Kier molecular flexibility index (Phi) is 10.5. The SMILES string of the molecule is CCOC(=O)c1ccc2oc3ccc(O)cc3c(=O)c2c1.O=c1[nH]c(=O)c2c(-c3ccccc3)cc(-c3ccccc3)oc-2[nH+]1.[O-][Cl+3]([O-])([O-])[O-]. The minimum Gasteiger partial charge on any atom is -0.508 e. The summed E-state index contributed by atoms with van der Waals surface area (Å²) < 4.78 is 50.3. The summed E-state index contributed by atoms with van der Waals surface area (Å²) in [5.74, 6) is 0.220. The van der Waals surface area contributed by atoms with E-state index in [2.05, 4.69) is 9.97 Å². The van der Waals surface area contributed by atoms with Crippen LogP contribution in [0.4, 0.5) is 0 Å². The van der Waals surface area contributed by atoms with Crippen molar-refractivity contribution in [3.63, 3.8) is 0 Å². The third kappa shape index (κ3) is 8.46. The summed E-state index contributed by atoms with van der Waals surface area (Å²) in [6.45, 7) is 1.97. The normalized spacial score (nSPS) is 11.0. The molecule has 4 aromatic carbocycles. The van der Waals surface area contributed by atoms with Gasteiger partial charge < -0.3 is 18.7 Å². The van der Waals surface area contributed by atoms with Gasteiger partial charge >= 0.3 is 23.1 Å². The standard InChI is InChI=1S/C19H12N2O3.C16H12O5.ClHO4/c22-17-16-14(12-7-3-1-4-8-12)11-15(13-9-5-2-6-10-13)24-18(16)21-19(23)20-17;1-2-20-16(19)9-3-5-13-11(7-9)15(18)12-8-10(17)4-6-14(12)21-13;2-1(3,4)5/h1-11H,(H,20,22,23);3-8,17H,2H2,1H3;(H,2,3,4,5). The Balaban J connectivity index is 0.000000173. The van der Waals surface area contributed by atoms with Gasteiger partial charge in [0.05, 0.1) is 22.9 Å². The van der Waals surface area contributed by atoms with Gasteiger partial charge in [0.15, 0.2) is 5.56 Å². The smallest absolute Gasteiger partial charge is 0.499 e. The first-order valence-corrected chi connectivity index (χ1v) is 15.8. The van der Waals surface area contributed by atoms with E-state index in [-0.39, 0.29) is 40.0 Å². The summed E-state index contributed by atoms with van der Waals surface area (Å²) in [5.41, 5.74) is 2.43. The van der Waals surface area contributed by atoms with Crippen molar-refractivity contribution in [2.24, 2.45) is 0 Å². The Morgan fingerprint density at radius 2 is 1.38 bits per heavy atom. The molecular weight excluding hydrogens is 676 g/mol. The molecule has 1 aromatic heterocycles. The van der Waals surface area contributed by atoms with E-state index in [4.69, 9.17) is 32.2 Å². The average molecular weight is 701 g/mol. The number of halogens is 1. The van der Waals surface area contributed by atoms with Crippen LogP contribution in [0.1, 0.15) is 17.3 Å². The highest BCUT2D eigenvalue weighted by atomic mass is 35.7. The first kappa shape index (κ1) is 35.2. The van der Waals surface area contributed by atoms with E-state index in [1.807, 2.05) is 66.7 Å². The monoisotopic (exact) mass is 700 g/mol. The van der Waals surface area contributed by atoms with Gasteiger partial charge in [0.25, 0.3) is 0 Å². The van der Waals surface area contributed by atoms with Crippen LogP contribution in [0.5, 0.6) is 5.75 Å². The highest BCUT2D eigenvalue weighted by molar-refractivity contribution is 5.97. The van der Waals surface area contributed by atoms with E-state index in [9.17, 15) is 24.3 Å². The molecule has 15 heteroatoms. The first-order valence-electron chi connectivity index (χ1n) is 14.5. The molecule has 5 aromatic rings. The van der Waals surface area contributed by atoms with Gasteiger partial charge in [0.1, 0.15) is 22.7 Å². The zero-order chi connectivity index (χ0) is 36.0. The molecule has 3 heterocycles. The molecule has 0 aliphatic carbocycles. The molecule has 0 amide bonds. The van der Waals surface area contributed by atoms with Crippen molar-refractivity contribution in [2.45, 2.75) is 6.92 Å². The zero-order valence-corrected chi connectivity index (χ0v) is 26.6. The molecule has 0 saturated carbocycles. The molecular formula is C35H25ClN2O12. The number of nitrogens with one attached hydrogen (secondary N) is 2. The fourth-order valence-corrected chi connectivity index (χ4v) is 4.91. The lowest BCUT2D eigenvalue weighted by atomic mass is 9.99. The van der Waals surface area contributed by atoms with Crippen LogP contribution >= 0.6 is 0 Å². The van der Waals surface area contributed by atoms with Crippen molar-refractivity contribution < 1.29 is 57.3 Å². The predicted octanol–water partition coefficient (Wildman–Crippen LogP) is 0.653. The van der Waals surface area contributed by atoms with Crippen molar-refractivity contribution in [1.29, 1.82) is 0 Å². The number of carbonyl (C=O) groups is 1. The highest BCUT2D eigenvalue weighted by Crippen LogP contribution is 2.34. The van der Waals surface area contributed by atoms with Gasteiger partial charge in [-0.2, -0.15) is 14.8 Å². The number of fused-ring (bicyclic) bond motifs is 3. The second-order valence-electron chi connectivity index (χ2n) is 10.3. The van der Waals surface area contributed by atoms with Crippen LogP contribution in [-0.4, -0.2) is 22.7 Å². The molecule has 254 valence electrons. The number of aromatic hydroxyl groups is 1. The number of rotatable bonds is 4. The maximum absolute atomic E-state index is 12.4. The summed E-state index contributed by atoms with van der Waals surface area (Å²) in [4.78, 5) is 52.9. The maximum atomic E-state index is 12.4. The molecule has 3 N–H and O–H groups in total. The van der Waals surface area contributed by atoms with Crippen LogP contribution in [0.3, 0.4) is 0 Å². The Bertz CT molecular complexity index is 2430. The molecule has 0 saturated heterocycles. The van der Waals surface area contributed by atoms with Crippen molar-refractivity contribution in [1.82, 2.24) is 4.98 Å². The lowest BCUT2D eigenvalue weighted by molar-refractivity contribution is -2.00. The van der Waals surface area contributed by atoms with Gasteiger partial charge in [-0.1, -0.05) is 60.7 Å². The van der Waals surface area contributed by atoms with Crippen molar-refractivity contribution in [3.05, 3.63) is 140 Å². The van der Waals surface area contributed by atoms with Crippen LogP contribution in [0, 0.1) is 10.2 Å². The molecule has 2 aliphatic rings. The lowest BCUT2D eigenvalue weighted by Gasteiger charge is -2.17. The predicted molar refractivity (Wildman–Crippen MR) is 167 cm³/mol. The third-order valence-corrected chi connectivity index (χ3v) is 6.97. The van der Waals surface area contributed by atoms with E-state index < -0.39 is 27.5 Å². The Morgan fingerprint density at radius 3 is 2.00 bits per heavy atom. The number of benzene rings is 4. The number of H-pyrrole nitrogens is 2. The van der Waals surface area contributed by atoms with Crippen LogP contribution in [0.2, 0.25) is 0 Å². The number of aromatic nitrogens is 2. The molecule has 7 rings (SSSR count). The largest absolute Gasteiger partial charge is 0.508 e. The molecule has 0 fully saturated rings. The quantitative estimate of drug-likeness (QED) is 0.190. The molecule has 2 aliphatic heterocycles. The Hall–Kier alpha value is -6.16. The van der Waals surface area contributed by atoms with Crippen LogP contribution in [0.15, 0.2) is 126 Å². The number of hydrogen-bond donors (Lipinski definition) is 2. The molecule has 14 nitrogen and oxygen atoms in total. The molecule has 50 heavy (non-hydrogen) atoms. The van der Waals surface area contributed by atoms with E-state index in [0.29, 0.717) is 28.1 Å². The molecule has 0 bridgehead atoms. The summed E-state index contributed by atoms with van der Waals surface area (Å²) in [6.07, 6.45) is 0. The minimum atomic E-state index is -4.94. The molecule has 0 radical (unpaired) electrons. The number of aromatic amines is 2. The summed E-state index contributed by atoms with van der Waals surface area (Å²) in [5, 5.41) is 10.0. The number of ether oxygens (including phenoxy) is 1. The second kappa shape index (κ2) is 14.9. The van der Waals surface area contributed by atoms with Gasteiger partial charge in [-0.3, -0.25) is 4.79 Å². The molecule has 0 unspecified atom stereocenters. The number of hydrogen-bond acceptors (Lipinski definition) is 12. The van der Waals surface area contributed by atoms with Crippen molar-refractivity contribution in [2.75, 3.05) is 6.61 Å². The number of esters is 1. The van der Waals surface area contributed by atoms with E-state index in [0.717, 1.165) is 11.1 Å². The topological polar surface area (TPSA) is 246 Å². The van der Waals surface area contributed by atoms with Gasteiger partial charge in [-0.15, -0.1) is 10.2 Å².